The Kier molecular flexibility index (Phi) is 10.7. The molecule has 312 valence electrons. The Labute approximate surface area is 372 Å². The van der Waals surface area contributed by atoms with Gasteiger partial charge >= 0.3 is 0 Å². The van der Waals surface area contributed by atoms with Crippen LogP contribution in [0.5, 0.6) is 5.75 Å². The SMILES string of the molecule is CC(C)c1cc(-c2ccc(-c3ccccc3)cn2)cc(-c2cccc3c2nc(-c2cc(C(C)(C)C)cc(C(C)(C)C)c2O)n3-c2ccc(-c3ccccc3)cc2-c2ccccc2)c1. The van der Waals surface area contributed by atoms with Gasteiger partial charge in [-0.05, 0) is 98.2 Å². The van der Waals surface area contributed by atoms with Crippen LogP contribution in [0.2, 0.25) is 0 Å². The Morgan fingerprint density at radius 3 is 1.71 bits per heavy atom. The molecule has 0 spiro atoms. The first-order chi connectivity index (χ1) is 30.2. The lowest BCUT2D eigenvalue weighted by atomic mass is 9.79. The maximum Gasteiger partial charge on any atom is 0.149 e. The van der Waals surface area contributed by atoms with Gasteiger partial charge < -0.3 is 5.11 Å². The molecule has 4 heteroatoms. The van der Waals surface area contributed by atoms with E-state index in [2.05, 4.69) is 224 Å². The van der Waals surface area contributed by atoms with Gasteiger partial charge in [0.2, 0.25) is 0 Å². The first kappa shape index (κ1) is 41.3. The third-order valence-corrected chi connectivity index (χ3v) is 12.2. The van der Waals surface area contributed by atoms with Crippen molar-refractivity contribution in [2.45, 2.75) is 72.1 Å². The number of fused-ring (bicyclic) bond motifs is 1. The number of para-hydroxylation sites is 1. The summed E-state index contributed by atoms with van der Waals surface area (Å²) in [4.78, 5) is 10.7. The molecule has 9 aromatic rings. The number of hydrogen-bond donors (Lipinski definition) is 1. The standard InChI is InChI=1S/C59H55N3O/c1-38(2)44-31-45(33-46(32-44)52-29-27-43(37-60-52)40-21-14-10-15-22-40)48-25-18-26-54-55(48)61-57(50-35-47(58(3,4)5)36-51(56(50)63)59(6,7)8)62(54)53-30-28-42(39-19-12-9-13-20-39)34-49(53)41-23-16-11-17-24-41/h9-38,63H,1-8H3. The van der Waals surface area contributed by atoms with Crippen LogP contribution in [0.3, 0.4) is 0 Å². The fraction of sp³-hybridized carbons (Fsp3) is 0.186. The molecule has 2 heterocycles. The van der Waals surface area contributed by atoms with Crippen LogP contribution in [0.4, 0.5) is 0 Å². The Morgan fingerprint density at radius 1 is 0.492 bits per heavy atom. The molecule has 1 N–H and O–H groups in total. The molecule has 0 aliphatic heterocycles. The fourth-order valence-electron chi connectivity index (χ4n) is 8.61. The molecule has 0 aliphatic rings. The molecule has 0 saturated heterocycles. The van der Waals surface area contributed by atoms with Gasteiger partial charge in [0.15, 0.2) is 0 Å². The van der Waals surface area contributed by atoms with Gasteiger partial charge in [0.25, 0.3) is 0 Å². The van der Waals surface area contributed by atoms with E-state index in [-0.39, 0.29) is 22.5 Å². The van der Waals surface area contributed by atoms with E-state index in [1.54, 1.807) is 0 Å². The molecule has 63 heavy (non-hydrogen) atoms. The molecular formula is C59H55N3O. The molecule has 0 fully saturated rings. The number of aromatic hydroxyl groups is 1. The van der Waals surface area contributed by atoms with Crippen LogP contribution < -0.4 is 0 Å². The van der Waals surface area contributed by atoms with E-state index >= 15 is 0 Å². The zero-order valence-electron chi connectivity index (χ0n) is 37.6. The van der Waals surface area contributed by atoms with Gasteiger partial charge in [-0.25, -0.2) is 4.98 Å². The van der Waals surface area contributed by atoms with Gasteiger partial charge in [-0.2, -0.15) is 0 Å². The van der Waals surface area contributed by atoms with Crippen LogP contribution in [0, 0.1) is 0 Å². The van der Waals surface area contributed by atoms with Crippen molar-refractivity contribution in [3.8, 4) is 78.6 Å². The summed E-state index contributed by atoms with van der Waals surface area (Å²) in [6, 6.07) is 60.2. The lowest BCUT2D eigenvalue weighted by Crippen LogP contribution is -2.17. The second-order valence-corrected chi connectivity index (χ2v) is 19.1. The van der Waals surface area contributed by atoms with Crippen LogP contribution in [0.15, 0.2) is 176 Å². The molecule has 0 amide bonds. The molecule has 0 saturated carbocycles. The summed E-state index contributed by atoms with van der Waals surface area (Å²) in [7, 11) is 0. The highest BCUT2D eigenvalue weighted by Crippen LogP contribution is 2.46. The van der Waals surface area contributed by atoms with Crippen molar-refractivity contribution in [2.24, 2.45) is 0 Å². The van der Waals surface area contributed by atoms with E-state index in [1.165, 1.54) is 5.56 Å². The topological polar surface area (TPSA) is 50.9 Å². The van der Waals surface area contributed by atoms with Crippen molar-refractivity contribution in [1.29, 1.82) is 0 Å². The van der Waals surface area contributed by atoms with Crippen molar-refractivity contribution >= 4 is 11.0 Å². The summed E-state index contributed by atoms with van der Waals surface area (Å²) in [5.74, 6) is 1.23. The minimum Gasteiger partial charge on any atom is -0.507 e. The summed E-state index contributed by atoms with van der Waals surface area (Å²) in [5, 5.41) is 12.5. The number of benzene rings is 7. The number of nitrogens with zero attached hydrogens (tertiary/aromatic N) is 3. The molecule has 0 unspecified atom stereocenters. The van der Waals surface area contributed by atoms with Crippen LogP contribution in [0.1, 0.15) is 78.0 Å². The van der Waals surface area contributed by atoms with E-state index < -0.39 is 0 Å². The van der Waals surface area contributed by atoms with E-state index in [0.717, 1.165) is 83.6 Å². The summed E-state index contributed by atoms with van der Waals surface area (Å²) >= 11 is 0. The molecule has 7 aromatic carbocycles. The van der Waals surface area contributed by atoms with Gasteiger partial charge in [0, 0.05) is 34.0 Å². The summed E-state index contributed by atoms with van der Waals surface area (Å²) in [6.45, 7) is 17.7. The maximum absolute atomic E-state index is 12.5. The average molecular weight is 822 g/mol. The number of imidazole rings is 1. The Bertz CT molecular complexity index is 3080. The normalized spacial score (nSPS) is 12.0. The smallest absolute Gasteiger partial charge is 0.149 e. The highest BCUT2D eigenvalue weighted by molar-refractivity contribution is 5.98. The van der Waals surface area contributed by atoms with E-state index in [1.807, 2.05) is 12.3 Å². The third kappa shape index (κ3) is 8.10. The molecular weight excluding hydrogens is 767 g/mol. The van der Waals surface area contributed by atoms with Crippen LogP contribution >= 0.6 is 0 Å². The molecule has 0 aliphatic carbocycles. The van der Waals surface area contributed by atoms with Crippen LogP contribution in [0.25, 0.3) is 83.9 Å². The van der Waals surface area contributed by atoms with Gasteiger partial charge in [0.05, 0.1) is 28.0 Å². The number of rotatable bonds is 8. The van der Waals surface area contributed by atoms with Crippen molar-refractivity contribution < 1.29 is 5.11 Å². The van der Waals surface area contributed by atoms with Gasteiger partial charge in [-0.3, -0.25) is 9.55 Å². The highest BCUT2D eigenvalue weighted by atomic mass is 16.3. The molecule has 0 bridgehead atoms. The van der Waals surface area contributed by atoms with E-state index in [0.29, 0.717) is 11.4 Å². The maximum atomic E-state index is 12.5. The number of phenolic OH excluding ortho intramolecular Hbond substituents is 1. The Balaban J connectivity index is 1.33. The van der Waals surface area contributed by atoms with Gasteiger partial charge in [-0.15, -0.1) is 0 Å². The molecule has 0 atom stereocenters. The van der Waals surface area contributed by atoms with E-state index in [9.17, 15) is 5.11 Å². The van der Waals surface area contributed by atoms with Gasteiger partial charge in [0.1, 0.15) is 11.6 Å². The van der Waals surface area contributed by atoms with E-state index in [4.69, 9.17) is 9.97 Å². The van der Waals surface area contributed by atoms with Crippen LogP contribution in [-0.2, 0) is 10.8 Å². The molecule has 2 aromatic heterocycles. The predicted molar refractivity (Wildman–Crippen MR) is 265 cm³/mol. The van der Waals surface area contributed by atoms with Crippen molar-refractivity contribution in [3.63, 3.8) is 0 Å². The average Bonchev–Trinajstić information content (AvgIpc) is 3.68. The summed E-state index contributed by atoms with van der Waals surface area (Å²) < 4.78 is 2.28. The first-order valence-electron chi connectivity index (χ1n) is 22.1. The first-order valence-corrected chi connectivity index (χ1v) is 22.1. The fourth-order valence-corrected chi connectivity index (χ4v) is 8.61. The number of aromatic nitrogens is 3. The van der Waals surface area contributed by atoms with Crippen molar-refractivity contribution in [1.82, 2.24) is 14.5 Å². The second-order valence-electron chi connectivity index (χ2n) is 19.1. The molecule has 0 radical (unpaired) electrons. The van der Waals surface area contributed by atoms with Gasteiger partial charge in [-0.1, -0.05) is 183 Å². The molecule has 4 nitrogen and oxygen atoms in total. The monoisotopic (exact) mass is 821 g/mol. The Morgan fingerprint density at radius 2 is 1.11 bits per heavy atom. The van der Waals surface area contributed by atoms with Crippen molar-refractivity contribution in [2.75, 3.05) is 0 Å². The second kappa shape index (κ2) is 16.3. The number of pyridine rings is 1. The quantitative estimate of drug-likeness (QED) is 0.166. The lowest BCUT2D eigenvalue weighted by molar-refractivity contribution is 0.446. The third-order valence-electron chi connectivity index (χ3n) is 12.2. The molecule has 9 rings (SSSR count). The minimum atomic E-state index is -0.324. The summed E-state index contributed by atoms with van der Waals surface area (Å²) in [5.41, 5.74) is 17.0. The zero-order chi connectivity index (χ0) is 44.0. The van der Waals surface area contributed by atoms with Crippen LogP contribution in [-0.4, -0.2) is 19.6 Å². The summed E-state index contributed by atoms with van der Waals surface area (Å²) in [6.07, 6.45) is 1.97. The zero-order valence-corrected chi connectivity index (χ0v) is 37.6. The largest absolute Gasteiger partial charge is 0.507 e. The van der Waals surface area contributed by atoms with Crippen molar-refractivity contribution in [3.05, 3.63) is 193 Å². The highest BCUT2D eigenvalue weighted by Gasteiger charge is 2.29. The Hall–Kier alpha value is -7.04. The minimum absolute atomic E-state index is 0.183. The lowest BCUT2D eigenvalue weighted by Gasteiger charge is -2.27. The predicted octanol–water partition coefficient (Wildman–Crippen LogP) is 15.8. The number of hydrogen-bond acceptors (Lipinski definition) is 3. The number of phenols is 1.